The average Bonchev–Trinajstić information content (AvgIpc) is 2.86. The van der Waals surface area contributed by atoms with Crippen LogP contribution in [0, 0.1) is 0 Å². The summed E-state index contributed by atoms with van der Waals surface area (Å²) in [6, 6.07) is 2.44. The molecule has 1 heterocycles. The zero-order chi connectivity index (χ0) is 14.3. The molecule has 1 aromatic heterocycles. The van der Waals surface area contributed by atoms with Crippen LogP contribution in [0.5, 0.6) is 0 Å². The molecule has 1 unspecified atom stereocenters. The van der Waals surface area contributed by atoms with Gasteiger partial charge in [-0.2, -0.15) is 0 Å². The fourth-order valence-corrected chi connectivity index (χ4v) is 2.79. The maximum atomic E-state index is 11.5. The van der Waals surface area contributed by atoms with Crippen LogP contribution in [0.15, 0.2) is 18.5 Å². The smallest absolute Gasteiger partial charge is 0.151 e. The van der Waals surface area contributed by atoms with Crippen LogP contribution in [0.1, 0.15) is 45.2 Å². The van der Waals surface area contributed by atoms with E-state index in [0.717, 1.165) is 19.4 Å². The van der Waals surface area contributed by atoms with Crippen molar-refractivity contribution in [2.45, 2.75) is 46.2 Å². The van der Waals surface area contributed by atoms with E-state index in [9.17, 15) is 8.42 Å². The highest BCUT2D eigenvalue weighted by Crippen LogP contribution is 2.17. The van der Waals surface area contributed by atoms with E-state index in [1.807, 2.05) is 10.8 Å². The molecule has 0 saturated heterocycles. The van der Waals surface area contributed by atoms with Crippen molar-refractivity contribution in [2.75, 3.05) is 18.1 Å². The third kappa shape index (κ3) is 5.37. The summed E-state index contributed by atoms with van der Waals surface area (Å²) in [5, 5.41) is 3.50. The first kappa shape index (κ1) is 16.2. The summed E-state index contributed by atoms with van der Waals surface area (Å²) in [6.45, 7) is 7.55. The van der Waals surface area contributed by atoms with Crippen LogP contribution in [0.4, 0.5) is 0 Å². The summed E-state index contributed by atoms with van der Waals surface area (Å²) in [6.07, 6.45) is 6.18. The normalized spacial score (nSPS) is 13.6. The fraction of sp³-hybridized carbons (Fsp3) is 0.714. The van der Waals surface area contributed by atoms with Gasteiger partial charge >= 0.3 is 0 Å². The number of rotatable bonds is 9. The number of nitrogens with one attached hydrogen (secondary N) is 1. The topological polar surface area (TPSA) is 51.1 Å². The molecule has 0 aromatic carbocycles. The minimum atomic E-state index is -2.88. The third-order valence-electron chi connectivity index (χ3n) is 3.33. The molecule has 4 nitrogen and oxygen atoms in total. The predicted octanol–water partition coefficient (Wildman–Crippen LogP) is 2.37. The minimum absolute atomic E-state index is 0.219. The standard InChI is InChI=1S/C14H26N2O2S/c1-4-8-15-14(5-2)13-7-9-16(12-13)10-11-19(17,18)6-3/h7,9,12,14-15H,4-6,8,10-11H2,1-3H3. The lowest BCUT2D eigenvalue weighted by Gasteiger charge is -2.15. The lowest BCUT2D eigenvalue weighted by Crippen LogP contribution is -2.21. The van der Waals surface area contributed by atoms with Crippen molar-refractivity contribution in [1.29, 1.82) is 0 Å². The summed E-state index contributed by atoms with van der Waals surface area (Å²) >= 11 is 0. The molecule has 0 aliphatic rings. The lowest BCUT2D eigenvalue weighted by atomic mass is 10.1. The molecule has 1 atom stereocenters. The van der Waals surface area contributed by atoms with Gasteiger partial charge in [-0.25, -0.2) is 8.42 Å². The molecule has 0 bridgehead atoms. The molecule has 1 rings (SSSR count). The Bertz CT molecular complexity index is 466. The first-order chi connectivity index (χ1) is 9.02. The number of aryl methyl sites for hydroxylation is 1. The van der Waals surface area contributed by atoms with Gasteiger partial charge in [0.15, 0.2) is 9.84 Å². The predicted molar refractivity (Wildman–Crippen MR) is 80.1 cm³/mol. The van der Waals surface area contributed by atoms with Crippen molar-refractivity contribution < 1.29 is 8.42 Å². The summed E-state index contributed by atoms with van der Waals surface area (Å²) in [5.74, 6) is 0.438. The Kier molecular flexibility index (Phi) is 6.58. The van der Waals surface area contributed by atoms with Gasteiger partial charge in [-0.15, -0.1) is 0 Å². The fourth-order valence-electron chi connectivity index (χ4n) is 2.01. The maximum Gasteiger partial charge on any atom is 0.151 e. The minimum Gasteiger partial charge on any atom is -0.353 e. The van der Waals surface area contributed by atoms with Gasteiger partial charge < -0.3 is 9.88 Å². The Balaban J connectivity index is 2.60. The molecule has 1 N–H and O–H groups in total. The highest BCUT2D eigenvalue weighted by atomic mass is 32.2. The Hall–Kier alpha value is -0.810. The van der Waals surface area contributed by atoms with Crippen LogP contribution in [0.2, 0.25) is 0 Å². The second-order valence-corrected chi connectivity index (χ2v) is 7.31. The molecule has 1 aromatic rings. The monoisotopic (exact) mass is 286 g/mol. The van der Waals surface area contributed by atoms with E-state index in [-0.39, 0.29) is 11.5 Å². The molecular formula is C14H26N2O2S. The average molecular weight is 286 g/mol. The van der Waals surface area contributed by atoms with Gasteiger partial charge in [-0.1, -0.05) is 20.8 Å². The van der Waals surface area contributed by atoms with Gasteiger partial charge in [0, 0.05) is 30.7 Å². The van der Waals surface area contributed by atoms with Gasteiger partial charge in [0.2, 0.25) is 0 Å². The zero-order valence-corrected chi connectivity index (χ0v) is 13.0. The molecular weight excluding hydrogens is 260 g/mol. The quantitative estimate of drug-likeness (QED) is 0.758. The van der Waals surface area contributed by atoms with Gasteiger partial charge in [0.25, 0.3) is 0 Å². The molecule has 0 spiro atoms. The number of hydrogen-bond donors (Lipinski definition) is 1. The Morgan fingerprint density at radius 3 is 2.63 bits per heavy atom. The molecule has 5 heteroatoms. The molecule has 0 saturated carbocycles. The second-order valence-electron chi connectivity index (χ2n) is 4.83. The van der Waals surface area contributed by atoms with E-state index in [0.29, 0.717) is 12.6 Å². The summed E-state index contributed by atoms with van der Waals surface area (Å²) in [5.41, 5.74) is 1.24. The van der Waals surface area contributed by atoms with Crippen LogP contribution in [0.25, 0.3) is 0 Å². The van der Waals surface area contributed by atoms with Crippen molar-refractivity contribution in [1.82, 2.24) is 9.88 Å². The Morgan fingerprint density at radius 1 is 1.32 bits per heavy atom. The second kappa shape index (κ2) is 7.70. The first-order valence-corrected chi connectivity index (χ1v) is 8.94. The molecule has 0 radical (unpaired) electrons. The highest BCUT2D eigenvalue weighted by Gasteiger charge is 2.11. The first-order valence-electron chi connectivity index (χ1n) is 7.11. The summed E-state index contributed by atoms with van der Waals surface area (Å²) in [7, 11) is -2.88. The largest absolute Gasteiger partial charge is 0.353 e. The van der Waals surface area contributed by atoms with E-state index >= 15 is 0 Å². The van der Waals surface area contributed by atoms with Crippen LogP contribution >= 0.6 is 0 Å². The van der Waals surface area contributed by atoms with Crippen molar-refractivity contribution in [3.63, 3.8) is 0 Å². The van der Waals surface area contributed by atoms with Crippen LogP contribution in [-0.4, -0.2) is 31.0 Å². The van der Waals surface area contributed by atoms with Crippen LogP contribution < -0.4 is 5.32 Å². The van der Waals surface area contributed by atoms with Crippen molar-refractivity contribution in [3.8, 4) is 0 Å². The molecule has 0 aliphatic carbocycles. The van der Waals surface area contributed by atoms with Crippen molar-refractivity contribution >= 4 is 9.84 Å². The van der Waals surface area contributed by atoms with Gasteiger partial charge in [0.1, 0.15) is 0 Å². The van der Waals surface area contributed by atoms with Gasteiger partial charge in [-0.3, -0.25) is 0 Å². The third-order valence-corrected chi connectivity index (χ3v) is 5.01. The Labute approximate surface area is 117 Å². The van der Waals surface area contributed by atoms with E-state index in [4.69, 9.17) is 0 Å². The number of nitrogens with zero attached hydrogens (tertiary/aromatic N) is 1. The summed E-state index contributed by atoms with van der Waals surface area (Å²) < 4.78 is 24.9. The number of hydrogen-bond acceptors (Lipinski definition) is 3. The van der Waals surface area contributed by atoms with Crippen molar-refractivity contribution in [3.05, 3.63) is 24.0 Å². The Morgan fingerprint density at radius 2 is 2.05 bits per heavy atom. The zero-order valence-electron chi connectivity index (χ0n) is 12.2. The molecule has 110 valence electrons. The molecule has 0 amide bonds. The van der Waals surface area contributed by atoms with Crippen LogP contribution in [-0.2, 0) is 16.4 Å². The van der Waals surface area contributed by atoms with E-state index in [2.05, 4.69) is 31.4 Å². The van der Waals surface area contributed by atoms with Crippen molar-refractivity contribution in [2.24, 2.45) is 0 Å². The molecule has 0 fully saturated rings. The number of sulfone groups is 1. The number of aromatic nitrogens is 1. The van der Waals surface area contributed by atoms with E-state index in [1.54, 1.807) is 6.92 Å². The SMILES string of the molecule is CCCNC(CC)c1ccn(CCS(=O)(=O)CC)c1. The molecule has 19 heavy (non-hydrogen) atoms. The van der Waals surface area contributed by atoms with Crippen LogP contribution in [0.3, 0.4) is 0 Å². The van der Waals surface area contributed by atoms with E-state index < -0.39 is 9.84 Å². The highest BCUT2D eigenvalue weighted by molar-refractivity contribution is 7.91. The molecule has 0 aliphatic heterocycles. The maximum absolute atomic E-state index is 11.5. The van der Waals surface area contributed by atoms with E-state index in [1.165, 1.54) is 5.56 Å². The van der Waals surface area contributed by atoms with Gasteiger partial charge in [-0.05, 0) is 31.0 Å². The lowest BCUT2D eigenvalue weighted by molar-refractivity contribution is 0.517. The summed E-state index contributed by atoms with van der Waals surface area (Å²) in [4.78, 5) is 0. The van der Waals surface area contributed by atoms with Gasteiger partial charge in [0.05, 0.1) is 5.75 Å².